The average Bonchev–Trinajstić information content (AvgIpc) is 1.64. The molecule has 9 heavy (non-hydrogen) atoms. The zero-order valence-electron chi connectivity index (χ0n) is 4.56. The van der Waals surface area contributed by atoms with E-state index >= 15 is 0 Å². The van der Waals surface area contributed by atoms with Gasteiger partial charge in [0.05, 0.1) is 0 Å². The van der Waals surface area contributed by atoms with Gasteiger partial charge in [-0.25, -0.2) is 0 Å². The minimum absolute atomic E-state index is 0.591. The van der Waals surface area contributed by atoms with Crippen molar-refractivity contribution >= 4 is 7.60 Å². The maximum Gasteiger partial charge on any atom is 0.375 e. The molecule has 0 heterocycles. The average molecular weight is 153 g/mol. The fourth-order valence-electron chi connectivity index (χ4n) is 0.119. The van der Waals surface area contributed by atoms with Crippen LogP contribution in [0.2, 0.25) is 0 Å². The molecule has 0 aliphatic heterocycles. The molecule has 0 fully saturated rings. The van der Waals surface area contributed by atoms with Crippen molar-refractivity contribution in [1.82, 2.24) is 0 Å². The number of aliphatic hydroxyl groups is 1. The van der Waals surface area contributed by atoms with Gasteiger partial charge in [0.2, 0.25) is 5.47 Å². The van der Waals surface area contributed by atoms with E-state index in [2.05, 4.69) is 12.3 Å². The molecule has 0 aliphatic rings. The molecule has 5 N–H and O–H groups in total. The van der Waals surface area contributed by atoms with E-state index in [9.17, 15) is 4.57 Å². The molecular formula is C3H8NO4P. The van der Waals surface area contributed by atoms with Crippen molar-refractivity contribution in [2.24, 2.45) is 5.73 Å². The normalized spacial score (nSPS) is 18.7. The highest BCUT2D eigenvalue weighted by molar-refractivity contribution is 7.53. The molecule has 0 spiro atoms. The van der Waals surface area contributed by atoms with Crippen LogP contribution >= 0.6 is 7.60 Å². The van der Waals surface area contributed by atoms with Gasteiger partial charge in [0.15, 0.2) is 0 Å². The van der Waals surface area contributed by atoms with Crippen LogP contribution in [0.1, 0.15) is 0 Å². The lowest BCUT2D eigenvalue weighted by Crippen LogP contribution is -2.36. The van der Waals surface area contributed by atoms with Crippen LogP contribution in [0.15, 0.2) is 12.7 Å². The van der Waals surface area contributed by atoms with Crippen LogP contribution in [-0.4, -0.2) is 20.4 Å². The van der Waals surface area contributed by atoms with Gasteiger partial charge in [-0.05, 0) is 6.08 Å². The Labute approximate surface area is 52.0 Å². The molecule has 6 heteroatoms. The van der Waals surface area contributed by atoms with Gasteiger partial charge in [0.1, 0.15) is 0 Å². The Hall–Kier alpha value is -0.190. The summed E-state index contributed by atoms with van der Waals surface area (Å²) in [6, 6.07) is 0. The standard InChI is InChI=1S/C3H8NO4P/c1-2-3(4,5)9(6,7)8/h2,5H,1,4H2,(H2,6,7,8). The minimum Gasteiger partial charge on any atom is -0.362 e. The Bertz CT molecular complexity index is 159. The highest BCUT2D eigenvalue weighted by atomic mass is 31.2. The number of rotatable bonds is 2. The summed E-state index contributed by atoms with van der Waals surface area (Å²) >= 11 is 0. The molecule has 5 nitrogen and oxygen atoms in total. The molecule has 0 aromatic heterocycles. The number of hydrogen-bond acceptors (Lipinski definition) is 3. The number of nitrogens with two attached hydrogens (primary N) is 1. The van der Waals surface area contributed by atoms with Crippen LogP contribution in [0.4, 0.5) is 0 Å². The summed E-state index contributed by atoms with van der Waals surface area (Å²) in [5.41, 5.74) is 2.08. The van der Waals surface area contributed by atoms with Crippen LogP contribution in [0, 0.1) is 0 Å². The molecule has 0 saturated heterocycles. The summed E-state index contributed by atoms with van der Waals surface area (Å²) < 4.78 is 10.1. The minimum atomic E-state index is -4.65. The summed E-state index contributed by atoms with van der Waals surface area (Å²) in [6.45, 7) is 2.93. The predicted molar refractivity (Wildman–Crippen MR) is 31.4 cm³/mol. The first kappa shape index (κ1) is 8.81. The van der Waals surface area contributed by atoms with E-state index in [1.807, 2.05) is 0 Å². The van der Waals surface area contributed by atoms with Crippen molar-refractivity contribution in [3.8, 4) is 0 Å². The van der Waals surface area contributed by atoms with E-state index in [1.165, 1.54) is 0 Å². The second kappa shape index (κ2) is 2.21. The SMILES string of the molecule is C=CC(N)(O)P(=O)(O)O. The highest BCUT2D eigenvalue weighted by Crippen LogP contribution is 2.45. The highest BCUT2D eigenvalue weighted by Gasteiger charge is 2.38. The Morgan fingerprint density at radius 1 is 1.67 bits per heavy atom. The van der Waals surface area contributed by atoms with Crippen molar-refractivity contribution in [2.75, 3.05) is 0 Å². The predicted octanol–water partition coefficient (Wildman–Crippen LogP) is -1.05. The summed E-state index contributed by atoms with van der Waals surface area (Å²) in [7, 11) is -4.65. The third-order valence-electron chi connectivity index (χ3n) is 0.767. The second-order valence-electron chi connectivity index (χ2n) is 1.53. The maximum atomic E-state index is 10.1. The summed E-state index contributed by atoms with van der Waals surface area (Å²) in [6.07, 6.45) is 0.591. The van der Waals surface area contributed by atoms with E-state index < -0.39 is 13.1 Å². The van der Waals surface area contributed by atoms with Gasteiger partial charge in [0.25, 0.3) is 0 Å². The van der Waals surface area contributed by atoms with Crippen molar-refractivity contribution in [3.63, 3.8) is 0 Å². The van der Waals surface area contributed by atoms with E-state index in [4.69, 9.17) is 14.9 Å². The first-order valence-corrected chi connectivity index (χ1v) is 3.63. The van der Waals surface area contributed by atoms with Crippen LogP contribution < -0.4 is 5.73 Å². The largest absolute Gasteiger partial charge is 0.375 e. The van der Waals surface area contributed by atoms with Gasteiger partial charge in [-0.3, -0.25) is 10.3 Å². The van der Waals surface area contributed by atoms with Crippen molar-refractivity contribution in [2.45, 2.75) is 5.47 Å². The molecule has 54 valence electrons. The molecule has 0 aromatic rings. The summed E-state index contributed by atoms with van der Waals surface area (Å²) in [5, 5.41) is 8.56. The van der Waals surface area contributed by atoms with Gasteiger partial charge >= 0.3 is 7.60 Å². The quantitative estimate of drug-likeness (QED) is 0.230. The molecule has 0 bridgehead atoms. The van der Waals surface area contributed by atoms with E-state index in [0.717, 1.165) is 0 Å². The van der Waals surface area contributed by atoms with Crippen LogP contribution in [0.3, 0.4) is 0 Å². The van der Waals surface area contributed by atoms with Gasteiger partial charge in [-0.15, -0.1) is 0 Å². The Morgan fingerprint density at radius 2 is 2.00 bits per heavy atom. The number of hydrogen-bond donors (Lipinski definition) is 4. The molecule has 0 amide bonds. The topological polar surface area (TPSA) is 104 Å². The zero-order chi connectivity index (χ0) is 7.71. The molecule has 0 rings (SSSR count). The second-order valence-corrected chi connectivity index (χ2v) is 3.34. The lowest BCUT2D eigenvalue weighted by Gasteiger charge is -2.18. The van der Waals surface area contributed by atoms with Crippen LogP contribution in [0.25, 0.3) is 0 Å². The lowest BCUT2D eigenvalue weighted by molar-refractivity contribution is 0.142. The van der Waals surface area contributed by atoms with Crippen molar-refractivity contribution in [1.29, 1.82) is 0 Å². The first-order chi connectivity index (χ1) is 3.81. The Morgan fingerprint density at radius 3 is 2.00 bits per heavy atom. The summed E-state index contributed by atoms with van der Waals surface area (Å²) in [4.78, 5) is 16.4. The molecule has 0 radical (unpaired) electrons. The molecular weight excluding hydrogens is 145 g/mol. The third-order valence-corrected chi connectivity index (χ3v) is 1.88. The Kier molecular flexibility index (Phi) is 2.16. The molecule has 0 aromatic carbocycles. The van der Waals surface area contributed by atoms with Crippen molar-refractivity contribution in [3.05, 3.63) is 12.7 Å². The lowest BCUT2D eigenvalue weighted by atomic mass is 10.6. The maximum absolute atomic E-state index is 10.1. The van der Waals surface area contributed by atoms with Gasteiger partial charge in [-0.1, -0.05) is 6.58 Å². The Balaban J connectivity index is 4.54. The van der Waals surface area contributed by atoms with Gasteiger partial charge < -0.3 is 14.9 Å². The van der Waals surface area contributed by atoms with Crippen LogP contribution in [0.5, 0.6) is 0 Å². The summed E-state index contributed by atoms with van der Waals surface area (Å²) in [5.74, 6) is 0. The third kappa shape index (κ3) is 1.89. The molecule has 0 aliphatic carbocycles. The van der Waals surface area contributed by atoms with Crippen molar-refractivity contribution < 1.29 is 19.5 Å². The molecule has 0 saturated carbocycles. The fraction of sp³-hybridized carbons (Fsp3) is 0.333. The van der Waals surface area contributed by atoms with E-state index in [0.29, 0.717) is 6.08 Å². The smallest absolute Gasteiger partial charge is 0.362 e. The zero-order valence-corrected chi connectivity index (χ0v) is 5.45. The van der Waals surface area contributed by atoms with Crippen LogP contribution in [-0.2, 0) is 4.57 Å². The van der Waals surface area contributed by atoms with E-state index in [1.54, 1.807) is 0 Å². The first-order valence-electron chi connectivity index (χ1n) is 2.02. The monoisotopic (exact) mass is 153 g/mol. The molecule has 1 unspecified atom stereocenters. The van der Waals surface area contributed by atoms with Gasteiger partial charge in [-0.2, -0.15) is 0 Å². The van der Waals surface area contributed by atoms with E-state index in [-0.39, 0.29) is 0 Å². The van der Waals surface area contributed by atoms with Gasteiger partial charge in [0, 0.05) is 0 Å². The molecule has 1 atom stereocenters. The fourth-order valence-corrected chi connectivity index (χ4v) is 0.357.